The van der Waals surface area contributed by atoms with Gasteiger partial charge in [0, 0.05) is 32.0 Å². The molecule has 2 aromatic carbocycles. The van der Waals surface area contributed by atoms with Gasteiger partial charge in [-0.05, 0) is 43.0 Å². The van der Waals surface area contributed by atoms with Crippen LogP contribution in [0, 0.1) is 5.82 Å². The van der Waals surface area contributed by atoms with Crippen LogP contribution < -0.4 is 0 Å². The summed E-state index contributed by atoms with van der Waals surface area (Å²) in [5.41, 5.74) is 2.67. The number of H-pyrrole nitrogens is 1. The highest BCUT2D eigenvalue weighted by molar-refractivity contribution is 5.76. The molecule has 4 rings (SSSR count). The number of likely N-dealkylation sites (tertiary alicyclic amines) is 1. The Bertz CT molecular complexity index is 949. The normalized spacial score (nSPS) is 15.1. The number of carbonyl (C=O) groups is 1. The lowest BCUT2D eigenvalue weighted by molar-refractivity contribution is -0.132. The molecule has 5 nitrogen and oxygen atoms in total. The van der Waals surface area contributed by atoms with E-state index in [1.54, 1.807) is 6.07 Å². The van der Waals surface area contributed by atoms with Gasteiger partial charge in [0.25, 0.3) is 0 Å². The summed E-state index contributed by atoms with van der Waals surface area (Å²) in [4.78, 5) is 22.2. The van der Waals surface area contributed by atoms with Crippen LogP contribution in [0.15, 0.2) is 48.5 Å². The third kappa shape index (κ3) is 5.01. The molecule has 0 atom stereocenters. The number of imidazole rings is 1. The van der Waals surface area contributed by atoms with Gasteiger partial charge in [0.05, 0.1) is 17.6 Å². The Morgan fingerprint density at radius 3 is 2.76 bits per heavy atom. The Morgan fingerprint density at radius 1 is 1.17 bits per heavy atom. The number of amides is 1. The highest BCUT2D eigenvalue weighted by atomic mass is 19.1. The average molecular weight is 395 g/mol. The first-order valence-electron chi connectivity index (χ1n) is 10.2. The average Bonchev–Trinajstić information content (AvgIpc) is 3.17. The van der Waals surface area contributed by atoms with Gasteiger partial charge < -0.3 is 14.6 Å². The molecule has 1 amide bonds. The van der Waals surface area contributed by atoms with Crippen LogP contribution in [0.3, 0.4) is 0 Å². The number of nitrogens with one attached hydrogen (secondary N) is 1. The zero-order chi connectivity index (χ0) is 20.1. The molecule has 0 aliphatic carbocycles. The van der Waals surface area contributed by atoms with E-state index in [2.05, 4.69) is 9.97 Å². The van der Waals surface area contributed by atoms with Crippen LogP contribution in [-0.4, -0.2) is 40.5 Å². The van der Waals surface area contributed by atoms with E-state index in [0.717, 1.165) is 54.8 Å². The predicted octanol–water partition coefficient (Wildman–Crippen LogP) is 4.41. The molecule has 1 aromatic heterocycles. The van der Waals surface area contributed by atoms with E-state index in [0.29, 0.717) is 19.6 Å². The van der Waals surface area contributed by atoms with Crippen molar-refractivity contribution >= 4 is 16.9 Å². The smallest absolute Gasteiger partial charge is 0.222 e. The first kappa shape index (κ1) is 19.6. The van der Waals surface area contributed by atoms with Crippen molar-refractivity contribution in [2.45, 2.75) is 38.2 Å². The number of hydrogen-bond donors (Lipinski definition) is 1. The number of rotatable bonds is 7. The third-order valence-electron chi connectivity index (χ3n) is 5.49. The number of fused-ring (bicyclic) bond motifs is 1. The number of carbonyl (C=O) groups excluding carboxylic acids is 1. The third-order valence-corrected chi connectivity index (χ3v) is 5.49. The monoisotopic (exact) mass is 395 g/mol. The van der Waals surface area contributed by atoms with Crippen LogP contribution in [0.1, 0.15) is 43.0 Å². The number of ether oxygens (including phenoxy) is 1. The number of halogens is 1. The number of aromatic amines is 1. The summed E-state index contributed by atoms with van der Waals surface area (Å²) in [7, 11) is 0. The predicted molar refractivity (Wildman–Crippen MR) is 110 cm³/mol. The summed E-state index contributed by atoms with van der Waals surface area (Å²) in [6.07, 6.45) is 3.00. The summed E-state index contributed by atoms with van der Waals surface area (Å²) in [6.45, 7) is 2.65. The van der Waals surface area contributed by atoms with E-state index >= 15 is 0 Å². The van der Waals surface area contributed by atoms with E-state index in [-0.39, 0.29) is 17.6 Å². The van der Waals surface area contributed by atoms with Crippen LogP contribution in [0.5, 0.6) is 0 Å². The van der Waals surface area contributed by atoms with Gasteiger partial charge in [-0.15, -0.1) is 0 Å². The van der Waals surface area contributed by atoms with Gasteiger partial charge in [0.15, 0.2) is 0 Å². The Hall–Kier alpha value is -2.73. The van der Waals surface area contributed by atoms with Crippen molar-refractivity contribution in [1.82, 2.24) is 14.9 Å². The molecule has 1 N–H and O–H groups in total. The van der Waals surface area contributed by atoms with Crippen LogP contribution in [0.2, 0.25) is 0 Å². The summed E-state index contributed by atoms with van der Waals surface area (Å²) < 4.78 is 19.0. The summed E-state index contributed by atoms with van der Waals surface area (Å²) in [5.74, 6) is 1.11. The molecule has 3 aromatic rings. The molecule has 0 saturated carbocycles. The van der Waals surface area contributed by atoms with Crippen molar-refractivity contribution in [1.29, 1.82) is 0 Å². The Kier molecular flexibility index (Phi) is 6.20. The van der Waals surface area contributed by atoms with Crippen LogP contribution in [0.25, 0.3) is 11.0 Å². The standard InChI is InChI=1S/C23H26FN3O2/c24-19-8-9-20-21(15-19)26-23(25-20)18-10-12-27(13-11-18)22(28)7-4-14-29-16-17-5-2-1-3-6-17/h1-3,5-6,8-9,15,18H,4,7,10-14,16H2,(H,25,26). The maximum Gasteiger partial charge on any atom is 0.222 e. The second-order valence-electron chi connectivity index (χ2n) is 7.58. The molecule has 6 heteroatoms. The second-order valence-corrected chi connectivity index (χ2v) is 7.58. The summed E-state index contributed by atoms with van der Waals surface area (Å²) in [6, 6.07) is 14.7. The minimum absolute atomic E-state index is 0.193. The van der Waals surface area contributed by atoms with Crippen molar-refractivity contribution in [3.8, 4) is 0 Å². The fourth-order valence-corrected chi connectivity index (χ4v) is 3.85. The molecule has 1 saturated heterocycles. The van der Waals surface area contributed by atoms with E-state index in [1.807, 2.05) is 35.2 Å². The molecule has 29 heavy (non-hydrogen) atoms. The molecule has 1 aliphatic rings. The van der Waals surface area contributed by atoms with Crippen LogP contribution >= 0.6 is 0 Å². The first-order chi connectivity index (χ1) is 14.2. The molecule has 0 radical (unpaired) electrons. The van der Waals surface area contributed by atoms with Gasteiger partial charge in [-0.3, -0.25) is 4.79 Å². The molecule has 0 spiro atoms. The lowest BCUT2D eigenvalue weighted by Gasteiger charge is -2.31. The van der Waals surface area contributed by atoms with Crippen molar-refractivity contribution in [3.63, 3.8) is 0 Å². The highest BCUT2D eigenvalue weighted by Crippen LogP contribution is 2.28. The topological polar surface area (TPSA) is 58.2 Å². The SMILES string of the molecule is O=C(CCCOCc1ccccc1)N1CCC(c2nc3ccc(F)cc3[nH]2)CC1. The minimum Gasteiger partial charge on any atom is -0.377 e. The quantitative estimate of drug-likeness (QED) is 0.603. The first-order valence-corrected chi connectivity index (χ1v) is 10.2. The van der Waals surface area contributed by atoms with Gasteiger partial charge in [0.1, 0.15) is 11.6 Å². The number of benzene rings is 2. The van der Waals surface area contributed by atoms with Crippen molar-refractivity contribution < 1.29 is 13.9 Å². The van der Waals surface area contributed by atoms with Crippen molar-refractivity contribution in [2.24, 2.45) is 0 Å². The Labute approximate surface area is 169 Å². The molecule has 1 aliphatic heterocycles. The number of piperidine rings is 1. The largest absolute Gasteiger partial charge is 0.377 e. The van der Waals surface area contributed by atoms with Gasteiger partial charge >= 0.3 is 0 Å². The van der Waals surface area contributed by atoms with Crippen molar-refractivity contribution in [3.05, 3.63) is 65.7 Å². The molecular weight excluding hydrogens is 369 g/mol. The fraction of sp³-hybridized carbons (Fsp3) is 0.391. The van der Waals surface area contributed by atoms with Gasteiger partial charge in [0.2, 0.25) is 5.91 Å². The van der Waals surface area contributed by atoms with Gasteiger partial charge in [-0.1, -0.05) is 30.3 Å². The van der Waals surface area contributed by atoms with Gasteiger partial charge in [-0.25, -0.2) is 9.37 Å². The van der Waals surface area contributed by atoms with Crippen molar-refractivity contribution in [2.75, 3.05) is 19.7 Å². The van der Waals surface area contributed by atoms with E-state index in [4.69, 9.17) is 4.74 Å². The van der Waals surface area contributed by atoms with Crippen LogP contribution in [-0.2, 0) is 16.1 Å². The zero-order valence-electron chi connectivity index (χ0n) is 16.4. The van der Waals surface area contributed by atoms with E-state index in [9.17, 15) is 9.18 Å². The summed E-state index contributed by atoms with van der Waals surface area (Å²) >= 11 is 0. The molecular formula is C23H26FN3O2. The highest BCUT2D eigenvalue weighted by Gasteiger charge is 2.25. The number of hydrogen-bond acceptors (Lipinski definition) is 3. The second kappa shape index (κ2) is 9.18. The van der Waals surface area contributed by atoms with E-state index in [1.165, 1.54) is 12.1 Å². The molecule has 2 heterocycles. The lowest BCUT2D eigenvalue weighted by atomic mass is 9.96. The summed E-state index contributed by atoms with van der Waals surface area (Å²) in [5, 5.41) is 0. The Balaban J connectivity index is 1.19. The molecule has 0 bridgehead atoms. The number of nitrogens with zero attached hydrogens (tertiary/aromatic N) is 2. The maximum absolute atomic E-state index is 13.4. The van der Waals surface area contributed by atoms with E-state index < -0.39 is 0 Å². The minimum atomic E-state index is -0.263. The lowest BCUT2D eigenvalue weighted by Crippen LogP contribution is -2.38. The Morgan fingerprint density at radius 2 is 1.97 bits per heavy atom. The van der Waals surface area contributed by atoms with Gasteiger partial charge in [-0.2, -0.15) is 0 Å². The molecule has 152 valence electrons. The van der Waals surface area contributed by atoms with Crippen LogP contribution in [0.4, 0.5) is 4.39 Å². The molecule has 0 unspecified atom stereocenters. The fourth-order valence-electron chi connectivity index (χ4n) is 3.85. The number of aromatic nitrogens is 2. The maximum atomic E-state index is 13.4. The zero-order valence-corrected chi connectivity index (χ0v) is 16.4. The molecule has 1 fully saturated rings.